The predicted octanol–water partition coefficient (Wildman–Crippen LogP) is 4.92. The van der Waals surface area contributed by atoms with Crippen LogP contribution in [0.15, 0.2) is 65.8 Å². The number of nitrogens with zero attached hydrogens (tertiary/aromatic N) is 2. The summed E-state index contributed by atoms with van der Waals surface area (Å²) in [5, 5.41) is 5.50. The summed E-state index contributed by atoms with van der Waals surface area (Å²) in [5.74, 6) is -0.377. The molecule has 2 amide bonds. The van der Waals surface area contributed by atoms with Crippen molar-refractivity contribution in [2.24, 2.45) is 16.9 Å². The van der Waals surface area contributed by atoms with Crippen molar-refractivity contribution in [1.82, 2.24) is 5.01 Å². The molecular weight excluding hydrogens is 555 g/mol. The van der Waals surface area contributed by atoms with Gasteiger partial charge in [-0.1, -0.05) is 48.5 Å². The van der Waals surface area contributed by atoms with Crippen molar-refractivity contribution in [3.8, 4) is 11.5 Å². The largest absolute Gasteiger partial charge is 0.492 e. The van der Waals surface area contributed by atoms with Gasteiger partial charge in [0.15, 0.2) is 11.5 Å². The minimum Gasteiger partial charge on any atom is -0.492 e. The van der Waals surface area contributed by atoms with E-state index in [1.807, 2.05) is 43.3 Å². The highest BCUT2D eigenvalue weighted by Gasteiger charge is 2.61. The van der Waals surface area contributed by atoms with Crippen LogP contribution < -0.4 is 9.47 Å². The zero-order valence-electron chi connectivity index (χ0n) is 19.3. The fraction of sp³-hybridized carbons (Fsp3) is 0.250. The molecule has 1 fully saturated rings. The van der Waals surface area contributed by atoms with Crippen LogP contribution in [0.25, 0.3) is 0 Å². The van der Waals surface area contributed by atoms with Crippen LogP contribution in [0, 0.1) is 15.4 Å². The third-order valence-corrected chi connectivity index (χ3v) is 8.08. The SMILES string of the molecule is CCOc1cc(/C=N\N2C(=O)[C@@H]3C4c5ccccc5C(c5ccccc54)[C@H]3C2=O)cc(I)c1OC. The zero-order valence-corrected chi connectivity index (χ0v) is 21.4. The predicted molar refractivity (Wildman–Crippen MR) is 140 cm³/mol. The van der Waals surface area contributed by atoms with Crippen molar-refractivity contribution in [3.63, 3.8) is 0 Å². The van der Waals surface area contributed by atoms with Gasteiger partial charge in [-0.3, -0.25) is 9.59 Å². The zero-order chi connectivity index (χ0) is 24.3. The highest BCUT2D eigenvalue weighted by Crippen LogP contribution is 2.60. The number of methoxy groups -OCH3 is 1. The van der Waals surface area contributed by atoms with Gasteiger partial charge in [-0.25, -0.2) is 0 Å². The molecule has 0 spiro atoms. The molecule has 7 rings (SSSR count). The van der Waals surface area contributed by atoms with Crippen LogP contribution in [0.3, 0.4) is 0 Å². The van der Waals surface area contributed by atoms with Gasteiger partial charge in [-0.15, -0.1) is 0 Å². The Labute approximate surface area is 217 Å². The summed E-state index contributed by atoms with van der Waals surface area (Å²) in [6, 6.07) is 20.1. The third-order valence-electron chi connectivity index (χ3n) is 7.28. The van der Waals surface area contributed by atoms with E-state index in [-0.39, 0.29) is 23.7 Å². The second-order valence-electron chi connectivity index (χ2n) is 8.96. The lowest BCUT2D eigenvalue weighted by molar-refractivity contribution is -0.139. The van der Waals surface area contributed by atoms with Crippen LogP contribution in [0.4, 0.5) is 0 Å². The third kappa shape index (κ3) is 3.24. The van der Waals surface area contributed by atoms with E-state index in [9.17, 15) is 9.59 Å². The Morgan fingerprint density at radius 2 is 1.43 bits per heavy atom. The molecule has 7 heteroatoms. The highest BCUT2D eigenvalue weighted by atomic mass is 127. The fourth-order valence-electron chi connectivity index (χ4n) is 6.02. The summed E-state index contributed by atoms with van der Waals surface area (Å²) in [7, 11) is 1.60. The minimum atomic E-state index is -0.440. The number of halogens is 1. The Morgan fingerprint density at radius 1 is 0.914 bits per heavy atom. The number of hydrazone groups is 1. The van der Waals surface area contributed by atoms with E-state index in [1.54, 1.807) is 13.3 Å². The van der Waals surface area contributed by atoms with Crippen molar-refractivity contribution in [3.05, 3.63) is 92.1 Å². The molecular formula is C28H23IN2O4. The van der Waals surface area contributed by atoms with Crippen molar-refractivity contribution < 1.29 is 19.1 Å². The second kappa shape index (κ2) is 8.48. The fourth-order valence-corrected chi connectivity index (χ4v) is 6.87. The molecule has 1 saturated heterocycles. The molecule has 0 aromatic heterocycles. The first-order chi connectivity index (χ1) is 17.0. The Bertz CT molecular complexity index is 1290. The molecule has 3 aromatic carbocycles. The maximum atomic E-state index is 13.7. The van der Waals surface area contributed by atoms with E-state index in [2.05, 4.69) is 52.0 Å². The molecule has 1 aliphatic heterocycles. The summed E-state index contributed by atoms with van der Waals surface area (Å²) >= 11 is 2.17. The average molecular weight is 578 g/mol. The van der Waals surface area contributed by atoms with E-state index in [0.717, 1.165) is 36.4 Å². The van der Waals surface area contributed by atoms with Gasteiger partial charge in [-0.05, 0) is 69.5 Å². The molecule has 1 heterocycles. The molecule has 6 nitrogen and oxygen atoms in total. The molecule has 3 aromatic rings. The van der Waals surface area contributed by atoms with Gasteiger partial charge in [0.25, 0.3) is 11.8 Å². The van der Waals surface area contributed by atoms with Crippen LogP contribution in [-0.4, -0.2) is 36.8 Å². The smallest absolute Gasteiger partial charge is 0.254 e. The summed E-state index contributed by atoms with van der Waals surface area (Å²) in [6.45, 7) is 2.39. The van der Waals surface area contributed by atoms with Crippen molar-refractivity contribution in [2.75, 3.05) is 13.7 Å². The number of hydrogen-bond donors (Lipinski definition) is 0. The Morgan fingerprint density at radius 3 is 1.89 bits per heavy atom. The first kappa shape index (κ1) is 22.3. The maximum absolute atomic E-state index is 13.7. The maximum Gasteiger partial charge on any atom is 0.254 e. The molecule has 2 atom stereocenters. The Kier molecular flexibility index (Phi) is 5.40. The van der Waals surface area contributed by atoms with Crippen molar-refractivity contribution in [1.29, 1.82) is 0 Å². The highest BCUT2D eigenvalue weighted by molar-refractivity contribution is 14.1. The monoisotopic (exact) mass is 578 g/mol. The quantitative estimate of drug-likeness (QED) is 0.245. The molecule has 176 valence electrons. The van der Waals surface area contributed by atoms with Gasteiger partial charge in [0, 0.05) is 11.8 Å². The van der Waals surface area contributed by atoms with Gasteiger partial charge < -0.3 is 9.47 Å². The summed E-state index contributed by atoms with van der Waals surface area (Å²) < 4.78 is 12.0. The molecule has 0 saturated carbocycles. The summed E-state index contributed by atoms with van der Waals surface area (Å²) in [5.41, 5.74) is 5.32. The topological polar surface area (TPSA) is 68.2 Å². The molecule has 0 unspecified atom stereocenters. The van der Waals surface area contributed by atoms with Crippen LogP contribution in [0.5, 0.6) is 11.5 Å². The van der Waals surface area contributed by atoms with E-state index < -0.39 is 11.8 Å². The number of carbonyl (C=O) groups is 2. The van der Waals surface area contributed by atoms with E-state index in [4.69, 9.17) is 9.47 Å². The van der Waals surface area contributed by atoms with Gasteiger partial charge in [-0.2, -0.15) is 10.1 Å². The lowest BCUT2D eigenvalue weighted by atomic mass is 9.55. The van der Waals surface area contributed by atoms with Gasteiger partial charge in [0.2, 0.25) is 0 Å². The molecule has 0 radical (unpaired) electrons. The second-order valence-corrected chi connectivity index (χ2v) is 10.1. The molecule has 35 heavy (non-hydrogen) atoms. The van der Waals surface area contributed by atoms with Crippen molar-refractivity contribution >= 4 is 40.6 Å². The number of hydrogen-bond acceptors (Lipinski definition) is 5. The number of rotatable bonds is 5. The molecule has 0 N–H and O–H groups in total. The molecule has 2 bridgehead atoms. The van der Waals surface area contributed by atoms with Crippen LogP contribution >= 0.6 is 22.6 Å². The lowest BCUT2D eigenvalue weighted by Crippen LogP contribution is -2.41. The van der Waals surface area contributed by atoms with E-state index in [1.165, 1.54) is 0 Å². The molecule has 4 aliphatic rings. The number of carbonyl (C=O) groups excluding carboxylic acids is 2. The van der Waals surface area contributed by atoms with E-state index in [0.29, 0.717) is 18.1 Å². The van der Waals surface area contributed by atoms with Gasteiger partial charge in [0.05, 0.1) is 35.3 Å². The lowest BCUT2D eigenvalue weighted by Gasteiger charge is -2.45. The standard InChI is InChI=1S/C28H23IN2O4/c1-3-35-21-13-15(12-20(29)26(21)34-2)14-30-31-27(32)24-22-16-8-4-5-9-17(16)23(25(24)28(31)33)19-11-7-6-10-18(19)22/h4-14,22-25H,3H2,1-2H3/b30-14-/t22?,23?,24-,25-/m1/s1. The summed E-state index contributed by atoms with van der Waals surface area (Å²) in [6.07, 6.45) is 1.56. The summed E-state index contributed by atoms with van der Waals surface area (Å²) in [4.78, 5) is 27.3. The number of ether oxygens (including phenoxy) is 2. The minimum absolute atomic E-state index is 0.138. The van der Waals surface area contributed by atoms with Crippen LogP contribution in [0.2, 0.25) is 0 Å². The van der Waals surface area contributed by atoms with Crippen LogP contribution in [0.1, 0.15) is 46.6 Å². The molecule has 3 aliphatic carbocycles. The van der Waals surface area contributed by atoms with Gasteiger partial charge >= 0.3 is 0 Å². The average Bonchev–Trinajstić information content (AvgIpc) is 3.13. The number of benzene rings is 3. The van der Waals surface area contributed by atoms with Crippen LogP contribution in [-0.2, 0) is 9.59 Å². The first-order valence-electron chi connectivity index (χ1n) is 11.6. The Hall–Kier alpha value is -3.20. The first-order valence-corrected chi connectivity index (χ1v) is 12.7. The Balaban J connectivity index is 1.39. The van der Waals surface area contributed by atoms with E-state index >= 15 is 0 Å². The van der Waals surface area contributed by atoms with Crippen molar-refractivity contribution in [2.45, 2.75) is 18.8 Å². The number of amides is 2. The number of imide groups is 1. The van der Waals surface area contributed by atoms with Gasteiger partial charge in [0.1, 0.15) is 0 Å². The normalized spacial score (nSPS) is 23.9.